The van der Waals surface area contributed by atoms with E-state index in [-0.39, 0.29) is 0 Å². The Balaban J connectivity index is 2.34. The molecule has 0 fully saturated rings. The zero-order valence-electron chi connectivity index (χ0n) is 10.9. The van der Waals surface area contributed by atoms with Crippen molar-refractivity contribution in [1.82, 2.24) is 0 Å². The standard InChI is InChI=1S/C14H11BrF2N2O2/c1-21-8-2-3-10(15)12(6-8)19-14(20)9-4-7(16)5-11(18)13(9)17/h2-6H,18H2,1H3,(H,19,20). The van der Waals surface area contributed by atoms with Gasteiger partial charge in [0.1, 0.15) is 11.6 Å². The van der Waals surface area contributed by atoms with E-state index in [2.05, 4.69) is 21.2 Å². The van der Waals surface area contributed by atoms with Gasteiger partial charge >= 0.3 is 0 Å². The number of amides is 1. The van der Waals surface area contributed by atoms with E-state index in [1.165, 1.54) is 7.11 Å². The highest BCUT2D eigenvalue weighted by Crippen LogP contribution is 2.28. The summed E-state index contributed by atoms with van der Waals surface area (Å²) in [6.07, 6.45) is 0. The molecule has 0 atom stereocenters. The van der Waals surface area contributed by atoms with Crippen molar-refractivity contribution >= 4 is 33.2 Å². The van der Waals surface area contributed by atoms with Crippen LogP contribution in [0.2, 0.25) is 0 Å². The van der Waals surface area contributed by atoms with Gasteiger partial charge in [0.25, 0.3) is 5.91 Å². The Morgan fingerprint density at radius 3 is 2.67 bits per heavy atom. The molecule has 0 aliphatic rings. The van der Waals surface area contributed by atoms with Crippen molar-refractivity contribution in [3.05, 3.63) is 52.0 Å². The van der Waals surface area contributed by atoms with E-state index in [1.807, 2.05) is 0 Å². The molecule has 0 saturated heterocycles. The van der Waals surface area contributed by atoms with Crippen molar-refractivity contribution in [3.8, 4) is 5.75 Å². The number of carbonyl (C=O) groups is 1. The van der Waals surface area contributed by atoms with Crippen LogP contribution in [0.1, 0.15) is 10.4 Å². The highest BCUT2D eigenvalue weighted by atomic mass is 79.9. The van der Waals surface area contributed by atoms with Crippen LogP contribution in [0.3, 0.4) is 0 Å². The number of benzene rings is 2. The predicted molar refractivity (Wildman–Crippen MR) is 79.4 cm³/mol. The molecule has 0 bridgehead atoms. The van der Waals surface area contributed by atoms with Gasteiger partial charge < -0.3 is 15.8 Å². The van der Waals surface area contributed by atoms with Gasteiger partial charge in [-0.25, -0.2) is 8.78 Å². The first-order chi connectivity index (χ1) is 9.92. The van der Waals surface area contributed by atoms with Crippen molar-refractivity contribution in [2.75, 3.05) is 18.2 Å². The Morgan fingerprint density at radius 2 is 2.00 bits per heavy atom. The first kappa shape index (κ1) is 15.2. The lowest BCUT2D eigenvalue weighted by Gasteiger charge is -2.10. The summed E-state index contributed by atoms with van der Waals surface area (Å²) >= 11 is 3.25. The van der Waals surface area contributed by atoms with Gasteiger partial charge in [-0.3, -0.25) is 4.79 Å². The Bertz CT molecular complexity index is 708. The lowest BCUT2D eigenvalue weighted by molar-refractivity contribution is 0.102. The minimum Gasteiger partial charge on any atom is -0.497 e. The van der Waals surface area contributed by atoms with E-state index in [0.717, 1.165) is 12.1 Å². The maximum absolute atomic E-state index is 13.8. The summed E-state index contributed by atoms with van der Waals surface area (Å²) in [5.74, 6) is -2.06. The zero-order chi connectivity index (χ0) is 15.6. The fourth-order valence-electron chi connectivity index (χ4n) is 1.69. The molecule has 110 valence electrons. The van der Waals surface area contributed by atoms with Crippen molar-refractivity contribution in [2.24, 2.45) is 0 Å². The smallest absolute Gasteiger partial charge is 0.258 e. The SMILES string of the molecule is COc1ccc(Br)c(NC(=O)c2cc(F)cc(N)c2F)c1. The summed E-state index contributed by atoms with van der Waals surface area (Å²) in [5.41, 5.74) is 4.77. The first-order valence-corrected chi connectivity index (χ1v) is 6.61. The number of anilines is 2. The second kappa shape index (κ2) is 6.09. The van der Waals surface area contributed by atoms with Crippen LogP contribution in [-0.4, -0.2) is 13.0 Å². The van der Waals surface area contributed by atoms with E-state index in [4.69, 9.17) is 10.5 Å². The monoisotopic (exact) mass is 356 g/mol. The van der Waals surface area contributed by atoms with Crippen LogP contribution in [0.15, 0.2) is 34.8 Å². The number of hydrogen-bond donors (Lipinski definition) is 2. The van der Waals surface area contributed by atoms with Crippen LogP contribution >= 0.6 is 15.9 Å². The molecule has 0 saturated carbocycles. The summed E-state index contributed by atoms with van der Waals surface area (Å²) in [7, 11) is 1.47. The second-order valence-electron chi connectivity index (χ2n) is 4.16. The highest BCUT2D eigenvalue weighted by Gasteiger charge is 2.17. The van der Waals surface area contributed by atoms with Gasteiger partial charge in [-0.05, 0) is 40.2 Å². The van der Waals surface area contributed by atoms with Gasteiger partial charge in [0, 0.05) is 10.5 Å². The van der Waals surface area contributed by atoms with Crippen LogP contribution in [0.25, 0.3) is 0 Å². The maximum Gasteiger partial charge on any atom is 0.258 e. The molecule has 1 amide bonds. The lowest BCUT2D eigenvalue weighted by atomic mass is 10.1. The van der Waals surface area contributed by atoms with Gasteiger partial charge in [0.05, 0.1) is 24.0 Å². The summed E-state index contributed by atoms with van der Waals surface area (Å²) in [4.78, 5) is 12.1. The average Bonchev–Trinajstić information content (AvgIpc) is 2.45. The van der Waals surface area contributed by atoms with Crippen molar-refractivity contribution in [2.45, 2.75) is 0 Å². The molecule has 3 N–H and O–H groups in total. The topological polar surface area (TPSA) is 64.3 Å². The minimum atomic E-state index is -0.965. The molecule has 0 heterocycles. The van der Waals surface area contributed by atoms with Crippen molar-refractivity contribution in [1.29, 1.82) is 0 Å². The number of hydrogen-bond acceptors (Lipinski definition) is 3. The largest absolute Gasteiger partial charge is 0.497 e. The molecule has 2 aromatic carbocycles. The van der Waals surface area contributed by atoms with Gasteiger partial charge in [-0.2, -0.15) is 0 Å². The molecule has 0 spiro atoms. The van der Waals surface area contributed by atoms with Gasteiger partial charge in [0.2, 0.25) is 0 Å². The van der Waals surface area contributed by atoms with E-state index in [0.29, 0.717) is 15.9 Å². The lowest BCUT2D eigenvalue weighted by Crippen LogP contribution is -2.15. The number of carbonyl (C=O) groups excluding carboxylic acids is 1. The summed E-state index contributed by atoms with van der Waals surface area (Å²) < 4.78 is 32.6. The molecular weight excluding hydrogens is 346 g/mol. The van der Waals surface area contributed by atoms with E-state index in [9.17, 15) is 13.6 Å². The van der Waals surface area contributed by atoms with Crippen LogP contribution in [-0.2, 0) is 0 Å². The third-order valence-corrected chi connectivity index (χ3v) is 3.42. The molecule has 0 unspecified atom stereocenters. The van der Waals surface area contributed by atoms with Crippen LogP contribution in [0.4, 0.5) is 20.2 Å². The minimum absolute atomic E-state index is 0.363. The second-order valence-corrected chi connectivity index (χ2v) is 5.01. The Morgan fingerprint density at radius 1 is 1.29 bits per heavy atom. The van der Waals surface area contributed by atoms with Crippen molar-refractivity contribution < 1.29 is 18.3 Å². The van der Waals surface area contributed by atoms with Crippen LogP contribution in [0.5, 0.6) is 5.75 Å². The van der Waals surface area contributed by atoms with E-state index < -0.39 is 28.8 Å². The Hall–Kier alpha value is -2.15. The van der Waals surface area contributed by atoms with E-state index in [1.54, 1.807) is 18.2 Å². The third-order valence-electron chi connectivity index (χ3n) is 2.73. The number of halogens is 3. The number of methoxy groups -OCH3 is 1. The molecule has 0 radical (unpaired) electrons. The predicted octanol–water partition coefficient (Wildman–Crippen LogP) is 3.57. The Labute approximate surface area is 128 Å². The molecule has 2 rings (SSSR count). The molecule has 2 aromatic rings. The molecule has 0 aliphatic heterocycles. The highest BCUT2D eigenvalue weighted by molar-refractivity contribution is 9.10. The average molecular weight is 357 g/mol. The molecular formula is C14H11BrF2N2O2. The molecule has 21 heavy (non-hydrogen) atoms. The van der Waals surface area contributed by atoms with Crippen LogP contribution in [0, 0.1) is 11.6 Å². The van der Waals surface area contributed by atoms with Crippen LogP contribution < -0.4 is 15.8 Å². The summed E-state index contributed by atoms with van der Waals surface area (Å²) in [5, 5.41) is 2.47. The summed E-state index contributed by atoms with van der Waals surface area (Å²) in [6, 6.07) is 6.48. The molecule has 4 nitrogen and oxygen atoms in total. The molecule has 7 heteroatoms. The molecule has 0 aromatic heterocycles. The van der Waals surface area contributed by atoms with Gasteiger partial charge in [-0.15, -0.1) is 0 Å². The van der Waals surface area contributed by atoms with E-state index >= 15 is 0 Å². The first-order valence-electron chi connectivity index (χ1n) is 5.81. The van der Waals surface area contributed by atoms with Gasteiger partial charge in [-0.1, -0.05) is 0 Å². The number of nitrogens with two attached hydrogens (primary N) is 1. The zero-order valence-corrected chi connectivity index (χ0v) is 12.5. The van der Waals surface area contributed by atoms with Crippen molar-refractivity contribution in [3.63, 3.8) is 0 Å². The fraction of sp³-hybridized carbons (Fsp3) is 0.0714. The molecule has 0 aliphatic carbocycles. The number of rotatable bonds is 3. The van der Waals surface area contributed by atoms with Gasteiger partial charge in [0.15, 0.2) is 5.82 Å². The number of nitrogens with one attached hydrogen (secondary N) is 1. The number of ether oxygens (including phenoxy) is 1. The number of nitrogen functional groups attached to an aromatic ring is 1. The summed E-state index contributed by atoms with van der Waals surface area (Å²) in [6.45, 7) is 0. The maximum atomic E-state index is 13.8. The third kappa shape index (κ3) is 3.30. The fourth-order valence-corrected chi connectivity index (χ4v) is 2.04. The Kier molecular flexibility index (Phi) is 4.42. The normalized spacial score (nSPS) is 10.3. The quantitative estimate of drug-likeness (QED) is 0.826.